The highest BCUT2D eigenvalue weighted by Crippen LogP contribution is 2.28. The summed E-state index contributed by atoms with van der Waals surface area (Å²) < 4.78 is 0. The van der Waals surface area contributed by atoms with Gasteiger partial charge in [0.15, 0.2) is 5.69 Å². The highest BCUT2D eigenvalue weighted by atomic mass is 32.1. The summed E-state index contributed by atoms with van der Waals surface area (Å²) in [6, 6.07) is 19.0. The Kier molecular flexibility index (Phi) is 3.31. The van der Waals surface area contributed by atoms with E-state index in [0.717, 1.165) is 11.3 Å². The molecule has 4 heteroatoms. The second kappa shape index (κ2) is 5.27. The normalized spacial score (nSPS) is 10.4. The van der Waals surface area contributed by atoms with Gasteiger partial charge in [-0.15, -0.1) is 0 Å². The van der Waals surface area contributed by atoms with Crippen molar-refractivity contribution in [1.29, 1.82) is 0 Å². The average Bonchev–Trinajstić information content (AvgIpc) is 2.90. The largest absolute Gasteiger partial charge is 0.330 e. The van der Waals surface area contributed by atoms with Gasteiger partial charge in [0.1, 0.15) is 4.88 Å². The van der Waals surface area contributed by atoms with E-state index in [1.807, 2.05) is 60.7 Å². The maximum atomic E-state index is 12.6. The van der Waals surface area contributed by atoms with Gasteiger partial charge in [-0.3, -0.25) is 10.5 Å². The van der Waals surface area contributed by atoms with E-state index in [-0.39, 0.29) is 5.78 Å². The molecule has 0 aliphatic rings. The van der Waals surface area contributed by atoms with Gasteiger partial charge in [-0.25, -0.2) is 4.98 Å². The fourth-order valence-electron chi connectivity index (χ4n) is 2.06. The van der Waals surface area contributed by atoms with E-state index in [0.29, 0.717) is 15.6 Å². The Morgan fingerprint density at radius 2 is 1.55 bits per heavy atom. The molecule has 3 aromatic rings. The first kappa shape index (κ1) is 12.6. The third kappa shape index (κ3) is 2.33. The topological polar surface area (TPSA) is 57.2 Å². The second-order valence-corrected chi connectivity index (χ2v) is 5.41. The van der Waals surface area contributed by atoms with Crippen molar-refractivity contribution >= 4 is 22.3 Å². The van der Waals surface area contributed by atoms with Crippen molar-refractivity contribution in [2.75, 3.05) is 5.73 Å². The van der Waals surface area contributed by atoms with Gasteiger partial charge in [-0.1, -0.05) is 60.7 Å². The molecule has 3 rings (SSSR count). The van der Waals surface area contributed by atoms with Gasteiger partial charge in [-0.05, 0) is 11.3 Å². The number of nitrogen functional groups attached to an aromatic ring is 1. The van der Waals surface area contributed by atoms with Gasteiger partial charge in [0.25, 0.3) is 0 Å². The first-order valence-corrected chi connectivity index (χ1v) is 7.04. The highest BCUT2D eigenvalue weighted by molar-refractivity contribution is 7.17. The summed E-state index contributed by atoms with van der Waals surface area (Å²) >= 11 is 1.28. The average molecular weight is 281 g/mol. The van der Waals surface area contributed by atoms with Crippen LogP contribution in [-0.2, 0) is 0 Å². The van der Waals surface area contributed by atoms with E-state index in [1.165, 1.54) is 11.3 Å². The Hall–Kier alpha value is -2.46. The number of nitrogens with one attached hydrogen (secondary N) is 1. The number of hydrogen-bond donors (Lipinski definition) is 1. The van der Waals surface area contributed by atoms with Crippen LogP contribution in [0.4, 0.5) is 5.13 Å². The number of aromatic amines is 1. The number of anilines is 1. The molecule has 0 amide bonds. The smallest absolute Gasteiger partial charge is 0.288 e. The Morgan fingerprint density at radius 3 is 2.20 bits per heavy atom. The Morgan fingerprint density at radius 1 is 0.950 bits per heavy atom. The summed E-state index contributed by atoms with van der Waals surface area (Å²) in [6.45, 7) is 0. The van der Waals surface area contributed by atoms with E-state index in [1.54, 1.807) is 0 Å². The summed E-state index contributed by atoms with van der Waals surface area (Å²) in [7, 11) is 0. The number of carbonyl (C=O) groups is 1. The maximum absolute atomic E-state index is 12.6. The van der Waals surface area contributed by atoms with Crippen molar-refractivity contribution in [3.63, 3.8) is 0 Å². The van der Waals surface area contributed by atoms with Gasteiger partial charge >= 0.3 is 5.13 Å². The molecule has 0 aliphatic heterocycles. The van der Waals surface area contributed by atoms with Crippen LogP contribution in [0, 0.1) is 0 Å². The molecule has 0 spiro atoms. The second-order valence-electron chi connectivity index (χ2n) is 4.36. The zero-order valence-electron chi connectivity index (χ0n) is 10.7. The lowest BCUT2D eigenvalue weighted by atomic mass is 10.1. The first-order valence-electron chi connectivity index (χ1n) is 6.22. The van der Waals surface area contributed by atoms with Gasteiger partial charge < -0.3 is 0 Å². The van der Waals surface area contributed by atoms with Crippen molar-refractivity contribution in [2.45, 2.75) is 0 Å². The third-order valence-corrected chi connectivity index (χ3v) is 3.91. The molecule has 0 saturated carbocycles. The molecule has 3 nitrogen and oxygen atoms in total. The van der Waals surface area contributed by atoms with Crippen molar-refractivity contribution < 1.29 is 9.78 Å². The molecule has 3 N–H and O–H groups in total. The van der Waals surface area contributed by atoms with E-state index >= 15 is 0 Å². The molecule has 1 heterocycles. The number of hydrogen-bond acceptors (Lipinski definition) is 3. The molecule has 1 aromatic heterocycles. The van der Waals surface area contributed by atoms with Crippen LogP contribution in [0.15, 0.2) is 60.7 Å². The molecular formula is C16H13N2OS+. The Balaban J connectivity index is 2.09. The minimum Gasteiger partial charge on any atom is -0.288 e. The lowest BCUT2D eigenvalue weighted by Gasteiger charge is -2.00. The highest BCUT2D eigenvalue weighted by Gasteiger charge is 2.22. The summed E-state index contributed by atoms with van der Waals surface area (Å²) in [5.74, 6) is -0.0117. The fourth-order valence-corrected chi connectivity index (χ4v) is 2.91. The molecule has 0 atom stereocenters. The number of benzene rings is 2. The Labute approximate surface area is 120 Å². The molecule has 0 saturated heterocycles. The zero-order valence-corrected chi connectivity index (χ0v) is 11.5. The summed E-state index contributed by atoms with van der Waals surface area (Å²) in [5, 5.41) is 0.531. The number of ketones is 1. The molecule has 0 unspecified atom stereocenters. The van der Waals surface area contributed by atoms with Gasteiger partial charge in [-0.2, -0.15) is 0 Å². The SMILES string of the molecule is Nc1[nH+]c(-c2ccccc2)c(C(=O)c2ccccc2)s1. The molecule has 2 aromatic carbocycles. The van der Waals surface area contributed by atoms with Gasteiger partial charge in [0, 0.05) is 11.1 Å². The summed E-state index contributed by atoms with van der Waals surface area (Å²) in [5.41, 5.74) is 8.25. The number of nitrogens with two attached hydrogens (primary N) is 1. The zero-order chi connectivity index (χ0) is 13.9. The monoisotopic (exact) mass is 281 g/mol. The van der Waals surface area contributed by atoms with Crippen molar-refractivity contribution in [2.24, 2.45) is 0 Å². The lowest BCUT2D eigenvalue weighted by Crippen LogP contribution is -2.09. The summed E-state index contributed by atoms with van der Waals surface area (Å²) in [4.78, 5) is 16.3. The van der Waals surface area contributed by atoms with E-state index < -0.39 is 0 Å². The number of rotatable bonds is 3. The number of thiazole rings is 1. The van der Waals surface area contributed by atoms with Gasteiger partial charge in [0.05, 0.1) is 0 Å². The minimum atomic E-state index is -0.0117. The van der Waals surface area contributed by atoms with Crippen molar-refractivity contribution in [1.82, 2.24) is 0 Å². The van der Waals surface area contributed by atoms with Crippen LogP contribution in [0.1, 0.15) is 15.2 Å². The first-order chi connectivity index (χ1) is 9.75. The number of aromatic nitrogens is 1. The van der Waals surface area contributed by atoms with E-state index in [4.69, 9.17) is 5.73 Å². The number of H-pyrrole nitrogens is 1. The predicted molar refractivity (Wildman–Crippen MR) is 80.6 cm³/mol. The van der Waals surface area contributed by atoms with E-state index in [9.17, 15) is 4.79 Å². The fraction of sp³-hybridized carbons (Fsp3) is 0. The maximum Gasteiger partial charge on any atom is 0.330 e. The molecular weight excluding hydrogens is 268 g/mol. The van der Waals surface area contributed by atoms with Gasteiger partial charge in [0.2, 0.25) is 5.78 Å². The Bertz CT molecular complexity index is 736. The van der Waals surface area contributed by atoms with Crippen molar-refractivity contribution in [3.8, 4) is 11.3 Å². The number of carbonyl (C=O) groups excluding carboxylic acids is 1. The molecule has 0 bridgehead atoms. The third-order valence-electron chi connectivity index (χ3n) is 2.99. The standard InChI is InChI=1S/C16H12N2OS/c17-16-18-13(11-7-3-1-4-8-11)15(20-16)14(19)12-9-5-2-6-10-12/h1-10H,(H2,17,18)/p+1. The lowest BCUT2D eigenvalue weighted by molar-refractivity contribution is -0.340. The van der Waals surface area contributed by atoms with Crippen LogP contribution < -0.4 is 10.7 Å². The van der Waals surface area contributed by atoms with Crippen LogP contribution in [0.3, 0.4) is 0 Å². The van der Waals surface area contributed by atoms with E-state index in [2.05, 4.69) is 4.98 Å². The minimum absolute atomic E-state index is 0.0117. The van der Waals surface area contributed by atoms with Crippen LogP contribution in [0.5, 0.6) is 0 Å². The molecule has 0 radical (unpaired) electrons. The van der Waals surface area contributed by atoms with Crippen LogP contribution >= 0.6 is 11.3 Å². The van der Waals surface area contributed by atoms with Crippen LogP contribution in [0.2, 0.25) is 0 Å². The summed E-state index contributed by atoms with van der Waals surface area (Å²) in [6.07, 6.45) is 0. The molecule has 98 valence electrons. The molecule has 0 fully saturated rings. The predicted octanol–water partition coefficient (Wildman–Crippen LogP) is 3.04. The van der Waals surface area contributed by atoms with Crippen LogP contribution in [0.25, 0.3) is 11.3 Å². The van der Waals surface area contributed by atoms with Crippen LogP contribution in [-0.4, -0.2) is 5.78 Å². The van der Waals surface area contributed by atoms with Crippen molar-refractivity contribution in [3.05, 3.63) is 71.1 Å². The molecule has 0 aliphatic carbocycles. The quantitative estimate of drug-likeness (QED) is 0.750. The molecule has 20 heavy (non-hydrogen) atoms.